The van der Waals surface area contributed by atoms with Crippen LogP contribution in [-0.4, -0.2) is 89.5 Å². The van der Waals surface area contributed by atoms with Gasteiger partial charge in [0.05, 0.1) is 6.04 Å². The second-order valence-electron chi connectivity index (χ2n) is 7.13. The van der Waals surface area contributed by atoms with Crippen LogP contribution >= 0.6 is 0 Å². The number of urea groups is 1. The van der Waals surface area contributed by atoms with E-state index in [9.17, 15) is 22.8 Å². The van der Waals surface area contributed by atoms with Crippen LogP contribution in [0.1, 0.15) is 25.7 Å². The molecule has 0 spiro atoms. The van der Waals surface area contributed by atoms with Gasteiger partial charge in [-0.3, -0.25) is 14.1 Å². The standard InChI is InChI=1S/C14H23N5O7S/c1-16-6-4-9(5-7-16)12(20)18(15)13(21)11-3-2-10-8-17(11)14(22)19(10)26-27(23,24)25/h9-11H,2-8,15H2,1H3,(H,23,24,25). The third-order valence-electron chi connectivity index (χ3n) is 5.33. The molecule has 3 fully saturated rings. The summed E-state index contributed by atoms with van der Waals surface area (Å²) in [6.45, 7) is 1.51. The molecule has 4 amide bonds. The molecule has 0 aromatic heterocycles. The average Bonchev–Trinajstić information content (AvgIpc) is 2.84. The van der Waals surface area contributed by atoms with Gasteiger partial charge in [-0.05, 0) is 45.8 Å². The van der Waals surface area contributed by atoms with Gasteiger partial charge in [0.15, 0.2) is 0 Å². The maximum absolute atomic E-state index is 12.7. The Morgan fingerprint density at radius 2 is 1.81 bits per heavy atom. The van der Waals surface area contributed by atoms with Crippen molar-refractivity contribution in [1.29, 1.82) is 0 Å². The van der Waals surface area contributed by atoms with Gasteiger partial charge in [0.1, 0.15) is 6.04 Å². The summed E-state index contributed by atoms with van der Waals surface area (Å²) in [5.41, 5.74) is 0. The molecule has 3 aliphatic heterocycles. The van der Waals surface area contributed by atoms with Crippen LogP contribution < -0.4 is 5.84 Å². The smallest absolute Gasteiger partial charge is 0.309 e. The van der Waals surface area contributed by atoms with Crippen LogP contribution in [0.15, 0.2) is 0 Å². The molecule has 2 bridgehead atoms. The molecule has 3 N–H and O–H groups in total. The van der Waals surface area contributed by atoms with Crippen LogP contribution in [0.25, 0.3) is 0 Å². The minimum atomic E-state index is -4.87. The molecular formula is C14H23N5O7S. The lowest BCUT2D eigenvalue weighted by Crippen LogP contribution is -2.57. The van der Waals surface area contributed by atoms with Gasteiger partial charge >= 0.3 is 16.4 Å². The molecule has 13 heteroatoms. The zero-order chi connectivity index (χ0) is 19.9. The van der Waals surface area contributed by atoms with Crippen molar-refractivity contribution in [2.24, 2.45) is 11.8 Å². The summed E-state index contributed by atoms with van der Waals surface area (Å²) in [6.07, 6.45) is 1.67. The number of fused-ring (bicyclic) bond motifs is 2. The van der Waals surface area contributed by atoms with Crippen LogP contribution in [-0.2, 0) is 24.3 Å². The fourth-order valence-electron chi connectivity index (χ4n) is 3.81. The lowest BCUT2D eigenvalue weighted by molar-refractivity contribution is -0.151. The van der Waals surface area contributed by atoms with Crippen molar-refractivity contribution in [2.45, 2.75) is 37.8 Å². The van der Waals surface area contributed by atoms with Crippen molar-refractivity contribution in [3.05, 3.63) is 0 Å². The number of carbonyl (C=O) groups is 3. The largest absolute Gasteiger partial charge is 0.418 e. The maximum atomic E-state index is 12.7. The van der Waals surface area contributed by atoms with Crippen molar-refractivity contribution in [3.8, 4) is 0 Å². The van der Waals surface area contributed by atoms with Crippen molar-refractivity contribution in [1.82, 2.24) is 19.9 Å². The summed E-state index contributed by atoms with van der Waals surface area (Å²) < 4.78 is 34.9. The first-order chi connectivity index (χ1) is 12.6. The Morgan fingerprint density at radius 1 is 1.19 bits per heavy atom. The SMILES string of the molecule is CN1CCC(C(=O)N(N)C(=O)C2CCC3CN2C(=O)N3OS(=O)(=O)O)CC1. The van der Waals surface area contributed by atoms with E-state index in [4.69, 9.17) is 10.4 Å². The number of amides is 4. The zero-order valence-corrected chi connectivity index (χ0v) is 15.7. The molecule has 0 saturated carbocycles. The number of likely N-dealkylation sites (tertiary alicyclic amines) is 1. The number of nitrogens with two attached hydrogens (primary N) is 1. The molecule has 0 aromatic rings. The van der Waals surface area contributed by atoms with Gasteiger partial charge in [-0.15, -0.1) is 4.28 Å². The van der Waals surface area contributed by atoms with Gasteiger partial charge in [0, 0.05) is 12.5 Å². The minimum Gasteiger partial charge on any atom is -0.309 e. The van der Waals surface area contributed by atoms with E-state index in [1.807, 2.05) is 7.05 Å². The number of carbonyl (C=O) groups excluding carboxylic acids is 3. The highest BCUT2D eigenvalue weighted by atomic mass is 32.3. The molecule has 3 saturated heterocycles. The molecule has 2 unspecified atom stereocenters. The molecule has 0 aliphatic carbocycles. The van der Waals surface area contributed by atoms with Crippen LogP contribution in [0.2, 0.25) is 0 Å². The molecule has 0 radical (unpaired) electrons. The zero-order valence-electron chi connectivity index (χ0n) is 14.9. The van der Waals surface area contributed by atoms with Gasteiger partial charge in [0.2, 0.25) is 5.91 Å². The summed E-state index contributed by atoms with van der Waals surface area (Å²) >= 11 is 0. The van der Waals surface area contributed by atoms with Gasteiger partial charge in [-0.25, -0.2) is 15.6 Å². The fourth-order valence-corrected chi connectivity index (χ4v) is 4.20. The van der Waals surface area contributed by atoms with E-state index in [1.165, 1.54) is 0 Å². The number of hydrogen-bond acceptors (Lipinski definition) is 8. The van der Waals surface area contributed by atoms with E-state index in [-0.39, 0.29) is 25.3 Å². The quantitative estimate of drug-likeness (QED) is 0.188. The molecule has 3 aliphatic rings. The number of nitrogens with zero attached hydrogens (tertiary/aromatic N) is 4. The Kier molecular flexibility index (Phi) is 5.40. The Balaban J connectivity index is 1.67. The summed E-state index contributed by atoms with van der Waals surface area (Å²) in [6, 6.07) is -2.46. The van der Waals surface area contributed by atoms with Crippen LogP contribution in [0.4, 0.5) is 4.79 Å². The van der Waals surface area contributed by atoms with E-state index in [0.29, 0.717) is 22.9 Å². The second-order valence-corrected chi connectivity index (χ2v) is 8.14. The monoisotopic (exact) mass is 405 g/mol. The summed E-state index contributed by atoms with van der Waals surface area (Å²) in [4.78, 5) is 40.8. The number of hydrogen-bond donors (Lipinski definition) is 2. The number of hydroxylamine groups is 2. The van der Waals surface area contributed by atoms with E-state index in [2.05, 4.69) is 9.18 Å². The molecule has 12 nitrogen and oxygen atoms in total. The van der Waals surface area contributed by atoms with E-state index in [1.54, 1.807) is 0 Å². The van der Waals surface area contributed by atoms with Gasteiger partial charge in [0.25, 0.3) is 5.91 Å². The van der Waals surface area contributed by atoms with Crippen LogP contribution in [0.5, 0.6) is 0 Å². The van der Waals surface area contributed by atoms with Crippen molar-refractivity contribution in [2.75, 3.05) is 26.7 Å². The van der Waals surface area contributed by atoms with E-state index >= 15 is 0 Å². The Morgan fingerprint density at radius 3 is 2.41 bits per heavy atom. The summed E-state index contributed by atoms with van der Waals surface area (Å²) in [7, 11) is -2.92. The predicted molar refractivity (Wildman–Crippen MR) is 89.6 cm³/mol. The highest BCUT2D eigenvalue weighted by Gasteiger charge is 2.50. The van der Waals surface area contributed by atoms with Crippen LogP contribution in [0.3, 0.4) is 0 Å². The molecular weight excluding hydrogens is 382 g/mol. The maximum Gasteiger partial charge on any atom is 0.418 e. The Labute approximate surface area is 156 Å². The van der Waals surface area contributed by atoms with Crippen molar-refractivity contribution < 1.29 is 31.6 Å². The van der Waals surface area contributed by atoms with Crippen LogP contribution in [0, 0.1) is 5.92 Å². The summed E-state index contributed by atoms with van der Waals surface area (Å²) in [5.74, 6) is 4.24. The first-order valence-corrected chi connectivity index (χ1v) is 10.0. The van der Waals surface area contributed by atoms with Gasteiger partial charge in [-0.2, -0.15) is 13.5 Å². The lowest BCUT2D eigenvalue weighted by atomic mass is 9.95. The molecule has 2 atom stereocenters. The first kappa shape index (κ1) is 19.9. The number of piperidine rings is 2. The average molecular weight is 405 g/mol. The number of rotatable bonds is 4. The molecule has 3 rings (SSSR count). The highest BCUT2D eigenvalue weighted by Crippen LogP contribution is 2.31. The molecule has 152 valence electrons. The lowest BCUT2D eigenvalue weighted by Gasteiger charge is -2.34. The minimum absolute atomic E-state index is 0.0427. The number of imide groups is 1. The molecule has 27 heavy (non-hydrogen) atoms. The van der Waals surface area contributed by atoms with Gasteiger partial charge < -0.3 is 9.80 Å². The van der Waals surface area contributed by atoms with Crippen molar-refractivity contribution in [3.63, 3.8) is 0 Å². The third-order valence-corrected chi connectivity index (χ3v) is 5.67. The van der Waals surface area contributed by atoms with Crippen molar-refractivity contribution >= 4 is 28.2 Å². The topological polar surface area (TPSA) is 154 Å². The Bertz CT molecular complexity index is 736. The Hall–Kier alpha value is -1.80. The number of hydrazine groups is 1. The highest BCUT2D eigenvalue weighted by molar-refractivity contribution is 7.80. The van der Waals surface area contributed by atoms with Gasteiger partial charge in [-0.1, -0.05) is 0 Å². The fraction of sp³-hybridized carbons (Fsp3) is 0.786. The van der Waals surface area contributed by atoms with E-state index in [0.717, 1.165) is 18.0 Å². The summed E-state index contributed by atoms with van der Waals surface area (Å²) in [5, 5.41) is 1.13. The third kappa shape index (κ3) is 4.06. The predicted octanol–water partition coefficient (Wildman–Crippen LogP) is -1.44. The first-order valence-electron chi connectivity index (χ1n) is 8.66. The van der Waals surface area contributed by atoms with E-state index < -0.39 is 40.3 Å². The normalized spacial score (nSPS) is 27.1. The molecule has 3 heterocycles. The second kappa shape index (κ2) is 7.31. The molecule has 0 aromatic carbocycles.